The molecule has 0 unspecified atom stereocenters. The van der Waals surface area contributed by atoms with Crippen molar-refractivity contribution in [3.05, 3.63) is 32.8 Å². The van der Waals surface area contributed by atoms with Gasteiger partial charge in [0.1, 0.15) is 5.82 Å². The first-order chi connectivity index (χ1) is 8.04. The van der Waals surface area contributed by atoms with Crippen molar-refractivity contribution in [2.45, 2.75) is 20.8 Å². The number of hydrogen-bond donors (Lipinski definition) is 1. The van der Waals surface area contributed by atoms with E-state index in [-0.39, 0.29) is 0 Å². The lowest BCUT2D eigenvalue weighted by molar-refractivity contribution is 1.15. The Hall–Kier alpha value is -0.800. The second-order valence-electron chi connectivity index (χ2n) is 4.07. The molecule has 0 spiro atoms. The molecule has 2 nitrogen and oxygen atoms in total. The zero-order valence-corrected chi connectivity index (χ0v) is 12.4. The SMILES string of the molecule is CCNc1nc2c(Br)cc(C)c(Cl)c2cc1C. The van der Waals surface area contributed by atoms with Crippen LogP contribution in [0.2, 0.25) is 5.02 Å². The second kappa shape index (κ2) is 4.83. The molecule has 90 valence electrons. The maximum Gasteiger partial charge on any atom is 0.129 e. The molecule has 0 saturated heterocycles. The standard InChI is InChI=1S/C13H14BrClN2/c1-4-16-13-8(3)5-9-11(15)7(2)6-10(14)12(9)17-13/h5-6H,4H2,1-3H3,(H,16,17). The Labute approximate surface area is 115 Å². The van der Waals surface area contributed by atoms with E-state index in [0.717, 1.165) is 43.9 Å². The van der Waals surface area contributed by atoms with Gasteiger partial charge in [-0.2, -0.15) is 0 Å². The van der Waals surface area contributed by atoms with E-state index in [1.165, 1.54) is 0 Å². The summed E-state index contributed by atoms with van der Waals surface area (Å²) in [5, 5.41) is 5.03. The molecule has 2 rings (SSSR count). The van der Waals surface area contributed by atoms with Gasteiger partial charge in [-0.3, -0.25) is 0 Å². The summed E-state index contributed by atoms with van der Waals surface area (Å²) >= 11 is 9.86. The minimum atomic E-state index is 0.779. The van der Waals surface area contributed by atoms with Gasteiger partial charge in [-0.15, -0.1) is 0 Å². The van der Waals surface area contributed by atoms with E-state index in [1.54, 1.807) is 0 Å². The highest BCUT2D eigenvalue weighted by Crippen LogP contribution is 2.33. The number of halogens is 2. The van der Waals surface area contributed by atoms with Crippen molar-refractivity contribution < 1.29 is 0 Å². The van der Waals surface area contributed by atoms with Crippen molar-refractivity contribution >= 4 is 44.3 Å². The molecular weight excluding hydrogens is 300 g/mol. The lowest BCUT2D eigenvalue weighted by Gasteiger charge is -2.11. The molecule has 0 atom stereocenters. The van der Waals surface area contributed by atoms with Crippen LogP contribution < -0.4 is 5.32 Å². The number of aromatic nitrogens is 1. The van der Waals surface area contributed by atoms with Gasteiger partial charge >= 0.3 is 0 Å². The monoisotopic (exact) mass is 312 g/mol. The van der Waals surface area contributed by atoms with Crippen molar-refractivity contribution in [2.75, 3.05) is 11.9 Å². The van der Waals surface area contributed by atoms with Gasteiger partial charge in [0.25, 0.3) is 0 Å². The molecule has 17 heavy (non-hydrogen) atoms. The molecule has 0 saturated carbocycles. The van der Waals surface area contributed by atoms with Crippen LogP contribution in [0.4, 0.5) is 5.82 Å². The number of nitrogens with zero attached hydrogens (tertiary/aromatic N) is 1. The molecule has 0 radical (unpaired) electrons. The van der Waals surface area contributed by atoms with Gasteiger partial charge < -0.3 is 5.32 Å². The average Bonchev–Trinajstić information content (AvgIpc) is 2.28. The van der Waals surface area contributed by atoms with Gasteiger partial charge in [0, 0.05) is 16.4 Å². The summed E-state index contributed by atoms with van der Waals surface area (Å²) in [6.45, 7) is 6.95. The normalized spacial score (nSPS) is 10.9. The third-order valence-corrected chi connectivity index (χ3v) is 3.82. The summed E-state index contributed by atoms with van der Waals surface area (Å²) in [5.41, 5.74) is 3.07. The number of rotatable bonds is 2. The lowest BCUT2D eigenvalue weighted by atomic mass is 10.1. The van der Waals surface area contributed by atoms with Gasteiger partial charge in [-0.05, 0) is 60.0 Å². The minimum absolute atomic E-state index is 0.779. The zero-order chi connectivity index (χ0) is 12.6. The number of anilines is 1. The fraction of sp³-hybridized carbons (Fsp3) is 0.308. The van der Waals surface area contributed by atoms with Crippen LogP contribution in [0.15, 0.2) is 16.6 Å². The van der Waals surface area contributed by atoms with Crippen LogP contribution in [-0.2, 0) is 0 Å². The summed E-state index contributed by atoms with van der Waals surface area (Å²) in [7, 11) is 0. The summed E-state index contributed by atoms with van der Waals surface area (Å²) in [4.78, 5) is 4.62. The number of nitrogens with one attached hydrogen (secondary N) is 1. The zero-order valence-electron chi connectivity index (χ0n) is 10.1. The predicted octanol–water partition coefficient (Wildman–Crippen LogP) is 4.70. The first-order valence-electron chi connectivity index (χ1n) is 5.54. The molecule has 1 aromatic heterocycles. The van der Waals surface area contributed by atoms with Gasteiger partial charge in [-0.25, -0.2) is 4.98 Å². The van der Waals surface area contributed by atoms with Crippen LogP contribution in [0.5, 0.6) is 0 Å². The Kier molecular flexibility index (Phi) is 3.59. The summed E-state index contributed by atoms with van der Waals surface area (Å²) in [5.74, 6) is 0.917. The molecule has 0 aliphatic carbocycles. The van der Waals surface area contributed by atoms with Crippen molar-refractivity contribution in [1.82, 2.24) is 4.98 Å². The van der Waals surface area contributed by atoms with Gasteiger partial charge in [0.15, 0.2) is 0 Å². The van der Waals surface area contributed by atoms with Gasteiger partial charge in [0.05, 0.1) is 10.5 Å². The Bertz CT molecular complexity index is 581. The molecule has 0 amide bonds. The first kappa shape index (κ1) is 12.7. The Morgan fingerprint density at radius 1 is 1.29 bits per heavy atom. The fourth-order valence-electron chi connectivity index (χ4n) is 1.84. The third-order valence-electron chi connectivity index (χ3n) is 2.71. The fourth-order valence-corrected chi connectivity index (χ4v) is 2.69. The highest BCUT2D eigenvalue weighted by atomic mass is 79.9. The topological polar surface area (TPSA) is 24.9 Å². The molecule has 1 N–H and O–H groups in total. The summed E-state index contributed by atoms with van der Waals surface area (Å²) in [6.07, 6.45) is 0. The number of hydrogen-bond acceptors (Lipinski definition) is 2. The molecule has 1 heterocycles. The van der Waals surface area contributed by atoms with E-state index < -0.39 is 0 Å². The van der Waals surface area contributed by atoms with E-state index in [2.05, 4.69) is 39.2 Å². The quantitative estimate of drug-likeness (QED) is 0.869. The smallest absolute Gasteiger partial charge is 0.129 e. The van der Waals surface area contributed by atoms with Crippen LogP contribution in [0.1, 0.15) is 18.1 Å². The summed E-state index contributed by atoms with van der Waals surface area (Å²) < 4.78 is 0.980. The van der Waals surface area contributed by atoms with Crippen molar-refractivity contribution in [2.24, 2.45) is 0 Å². The Morgan fingerprint density at radius 3 is 2.65 bits per heavy atom. The minimum Gasteiger partial charge on any atom is -0.370 e. The Balaban J connectivity index is 2.78. The van der Waals surface area contributed by atoms with E-state index in [1.807, 2.05) is 19.9 Å². The van der Waals surface area contributed by atoms with Crippen LogP contribution in [0, 0.1) is 13.8 Å². The molecule has 1 aromatic carbocycles. The lowest BCUT2D eigenvalue weighted by Crippen LogP contribution is -2.02. The number of pyridine rings is 1. The second-order valence-corrected chi connectivity index (χ2v) is 5.30. The van der Waals surface area contributed by atoms with Gasteiger partial charge in [0.2, 0.25) is 0 Å². The highest BCUT2D eigenvalue weighted by Gasteiger charge is 2.10. The molecule has 2 aromatic rings. The average molecular weight is 314 g/mol. The first-order valence-corrected chi connectivity index (χ1v) is 6.71. The maximum absolute atomic E-state index is 6.32. The maximum atomic E-state index is 6.32. The number of aryl methyl sites for hydroxylation is 2. The number of benzene rings is 1. The Morgan fingerprint density at radius 2 is 2.00 bits per heavy atom. The molecule has 0 aliphatic heterocycles. The van der Waals surface area contributed by atoms with Crippen LogP contribution >= 0.6 is 27.5 Å². The van der Waals surface area contributed by atoms with Crippen LogP contribution in [0.3, 0.4) is 0 Å². The predicted molar refractivity (Wildman–Crippen MR) is 78.1 cm³/mol. The van der Waals surface area contributed by atoms with Crippen LogP contribution in [0.25, 0.3) is 10.9 Å². The summed E-state index contributed by atoms with van der Waals surface area (Å²) in [6, 6.07) is 4.09. The third kappa shape index (κ3) is 2.26. The van der Waals surface area contributed by atoms with E-state index in [9.17, 15) is 0 Å². The molecule has 4 heteroatoms. The van der Waals surface area contributed by atoms with E-state index in [0.29, 0.717) is 0 Å². The number of fused-ring (bicyclic) bond motifs is 1. The van der Waals surface area contributed by atoms with Gasteiger partial charge in [-0.1, -0.05) is 11.6 Å². The van der Waals surface area contributed by atoms with E-state index in [4.69, 9.17) is 11.6 Å². The molecular formula is C13H14BrClN2. The largest absolute Gasteiger partial charge is 0.370 e. The van der Waals surface area contributed by atoms with Crippen molar-refractivity contribution in [3.63, 3.8) is 0 Å². The molecule has 0 fully saturated rings. The van der Waals surface area contributed by atoms with Crippen molar-refractivity contribution in [1.29, 1.82) is 0 Å². The highest BCUT2D eigenvalue weighted by molar-refractivity contribution is 9.10. The van der Waals surface area contributed by atoms with Crippen LogP contribution in [-0.4, -0.2) is 11.5 Å². The van der Waals surface area contributed by atoms with E-state index >= 15 is 0 Å². The molecule has 0 aliphatic rings. The molecule has 0 bridgehead atoms. The van der Waals surface area contributed by atoms with Crippen molar-refractivity contribution in [3.8, 4) is 0 Å².